The molecule has 18 heteroatoms. The van der Waals surface area contributed by atoms with Crippen LogP contribution < -0.4 is 21.3 Å². The van der Waals surface area contributed by atoms with E-state index >= 15 is 0 Å². The van der Waals surface area contributed by atoms with E-state index in [2.05, 4.69) is 12.1 Å². The summed E-state index contributed by atoms with van der Waals surface area (Å²) in [4.78, 5) is 95.5. The van der Waals surface area contributed by atoms with Crippen LogP contribution >= 0.6 is 0 Å². The molecule has 0 aliphatic heterocycles. The van der Waals surface area contributed by atoms with Gasteiger partial charge in [-0.15, -0.1) is 0 Å². The number of nitrogens with one attached hydrogen (secondary N) is 4. The van der Waals surface area contributed by atoms with E-state index in [1.165, 1.54) is 6.92 Å². The summed E-state index contributed by atoms with van der Waals surface area (Å²) in [6.45, 7) is 1.13. The minimum absolute atomic E-state index is 0. The van der Waals surface area contributed by atoms with Gasteiger partial charge < -0.3 is 59.9 Å². The maximum Gasteiger partial charge on any atom is 0.340 e. The molecule has 0 aromatic heterocycles. The van der Waals surface area contributed by atoms with Crippen LogP contribution in [0.5, 0.6) is 0 Å². The zero-order chi connectivity index (χ0) is 27.1. The number of hydrogen-bond acceptors (Lipinski definition) is 8. The van der Waals surface area contributed by atoms with Crippen LogP contribution in [0.3, 0.4) is 0 Å². The van der Waals surface area contributed by atoms with E-state index in [4.69, 9.17) is 0 Å². The smallest absolute Gasteiger partial charge is 0.340 e. The van der Waals surface area contributed by atoms with Crippen molar-refractivity contribution >= 4 is 58.9 Å². The third-order valence-corrected chi connectivity index (χ3v) is 4.45. The van der Waals surface area contributed by atoms with Gasteiger partial charge in [0.2, 0.25) is 0 Å². The van der Waals surface area contributed by atoms with Gasteiger partial charge in [0.05, 0.1) is 0 Å². The topological polar surface area (TPSA) is 266 Å². The van der Waals surface area contributed by atoms with Crippen LogP contribution in [0.1, 0.15) is 6.92 Å². The summed E-state index contributed by atoms with van der Waals surface area (Å²) >= 11 is 0. The number of carboxylic acid groups (broad SMARTS) is 4. The van der Waals surface area contributed by atoms with E-state index < -0.39 is 69.7 Å². The maximum absolute atomic E-state index is 12.6. The van der Waals surface area contributed by atoms with Crippen molar-refractivity contribution in [2.24, 2.45) is 10.8 Å². The molecule has 0 saturated heterocycles. The van der Waals surface area contributed by atoms with Gasteiger partial charge in [-0.3, -0.25) is 19.2 Å². The average molecular weight is 672 g/mol. The van der Waals surface area contributed by atoms with Crippen molar-refractivity contribution in [2.45, 2.75) is 6.92 Å². The first kappa shape index (κ1) is 36.3. The van der Waals surface area contributed by atoms with Crippen LogP contribution in [0, 0.1) is 23.0 Å². The summed E-state index contributed by atoms with van der Waals surface area (Å²) in [7, 11) is 0.888. The summed E-state index contributed by atoms with van der Waals surface area (Å²) < 4.78 is 0. The van der Waals surface area contributed by atoms with Crippen LogP contribution in [-0.2, 0) is 104 Å². The van der Waals surface area contributed by atoms with E-state index in [1.54, 1.807) is 10.6 Å². The molecule has 0 bridgehead atoms. The fourth-order valence-corrected chi connectivity index (χ4v) is 2.64. The molecule has 0 aliphatic rings. The summed E-state index contributed by atoms with van der Waals surface area (Å²) in [6.07, 6.45) is 0. The van der Waals surface area contributed by atoms with Crippen LogP contribution in [0.15, 0.2) is 12.1 Å². The van der Waals surface area contributed by atoms with Gasteiger partial charge >= 0.3 is 34.7 Å². The van der Waals surface area contributed by atoms with E-state index in [9.17, 15) is 58.8 Å². The molecule has 0 spiro atoms. The minimum atomic E-state index is -3.62. The van der Waals surface area contributed by atoms with Crippen molar-refractivity contribution in [1.82, 2.24) is 10.6 Å². The van der Waals surface area contributed by atoms with Gasteiger partial charge in [-0.1, -0.05) is 0 Å². The van der Waals surface area contributed by atoms with Gasteiger partial charge in [-0.05, 0) is 6.92 Å². The molecule has 4 amide bonds. The molecule has 16 nitrogen and oxygen atoms in total. The molecular formula is C19H18N4O12Y2-2. The Bertz CT molecular complexity index is 1100. The number of carbonyl (C=O) groups is 8. The van der Waals surface area contributed by atoms with E-state index in [0.717, 1.165) is 19.2 Å². The second-order valence-electron chi connectivity index (χ2n) is 6.47. The molecule has 0 fully saturated rings. The molecule has 8 N–H and O–H groups in total. The molecule has 37 heavy (non-hydrogen) atoms. The van der Waals surface area contributed by atoms with Gasteiger partial charge in [-0.2, -0.15) is 11.4 Å². The van der Waals surface area contributed by atoms with Crippen molar-refractivity contribution in [3.63, 3.8) is 0 Å². The number of carbonyl (C=O) groups excluding carboxylic acids is 4. The van der Waals surface area contributed by atoms with Crippen molar-refractivity contribution in [3.05, 3.63) is 24.3 Å². The Morgan fingerprint density at radius 3 is 1.35 bits per heavy atom. The van der Waals surface area contributed by atoms with Gasteiger partial charge in [-0.25, -0.2) is 25.2 Å². The first-order chi connectivity index (χ1) is 16.2. The van der Waals surface area contributed by atoms with Crippen molar-refractivity contribution < 1.29 is 124 Å². The molecule has 0 unspecified atom stereocenters. The van der Waals surface area contributed by atoms with E-state index in [-0.39, 0.29) is 72.0 Å². The maximum atomic E-state index is 12.6. The fourth-order valence-electron chi connectivity index (χ4n) is 2.64. The Kier molecular flexibility index (Phi) is 14.5. The second-order valence-corrected chi connectivity index (χ2v) is 6.47. The molecule has 0 atom stereocenters. The number of aliphatic carboxylic acids is 4. The first-order valence-electron chi connectivity index (χ1n) is 9.24. The number of rotatable bonds is 11. The summed E-state index contributed by atoms with van der Waals surface area (Å²) in [5, 5.41) is 44.6. The normalized spacial score (nSPS) is 10.3. The van der Waals surface area contributed by atoms with Gasteiger partial charge in [0.15, 0.2) is 0 Å². The van der Waals surface area contributed by atoms with E-state index in [0.29, 0.717) is 0 Å². The van der Waals surface area contributed by atoms with Crippen molar-refractivity contribution in [3.8, 4) is 0 Å². The Hall–Kier alpha value is -2.81. The average Bonchev–Trinajstić information content (AvgIpc) is 2.73. The zero-order valence-corrected chi connectivity index (χ0v) is 24.7. The molecule has 0 heterocycles. The number of anilines is 2. The molecule has 194 valence electrons. The van der Waals surface area contributed by atoms with Gasteiger partial charge in [0.1, 0.15) is 0 Å². The fraction of sp³-hybridized carbons (Fsp3) is 0.263. The molecular weight excluding hydrogens is 654 g/mol. The summed E-state index contributed by atoms with van der Waals surface area (Å²) in [5.74, 6) is -16.3. The Balaban J connectivity index is 0. The van der Waals surface area contributed by atoms with Crippen molar-refractivity contribution in [1.29, 1.82) is 0 Å². The van der Waals surface area contributed by atoms with Crippen LogP contribution in [0.4, 0.5) is 11.4 Å². The van der Waals surface area contributed by atoms with Gasteiger partial charge in [0, 0.05) is 79.0 Å². The first-order valence-corrected chi connectivity index (χ1v) is 9.24. The van der Waals surface area contributed by atoms with Gasteiger partial charge in [0.25, 0.3) is 23.6 Å². The van der Waals surface area contributed by atoms with Crippen LogP contribution in [-0.4, -0.2) is 81.5 Å². The number of benzene rings is 1. The third kappa shape index (κ3) is 6.94. The van der Waals surface area contributed by atoms with Crippen molar-refractivity contribution in [2.75, 3.05) is 24.2 Å². The monoisotopic (exact) mass is 672 g/mol. The van der Waals surface area contributed by atoms with Crippen LogP contribution in [0.25, 0.3) is 0 Å². The third-order valence-electron chi connectivity index (χ3n) is 4.45. The minimum Gasteiger partial charge on any atom is -0.480 e. The Morgan fingerprint density at radius 2 is 1.05 bits per heavy atom. The quantitative estimate of drug-likeness (QED) is 0.0886. The number of amides is 4. The Labute approximate surface area is 258 Å². The number of hydrogen-bond donors (Lipinski definition) is 8. The van der Waals surface area contributed by atoms with E-state index in [1.807, 2.05) is 10.6 Å². The molecule has 1 aromatic rings. The molecule has 0 saturated carbocycles. The summed E-state index contributed by atoms with van der Waals surface area (Å²) in [5.41, 5.74) is -8.30. The number of carboxylic acids is 4. The largest absolute Gasteiger partial charge is 0.480 e. The summed E-state index contributed by atoms with van der Waals surface area (Å²) in [6, 6.07) is 6.18. The SMILES string of the molecule is CCNC(=O)C(C(=O)O)(C(=O)O)C(=O)Nc1[c-]c[c-]c(NC(=O)C(C(=O)O)(C(=O)O)C(=O)NC)c1.[Y].[Y]. The molecule has 1 rings (SSSR count). The molecule has 0 aliphatic carbocycles. The predicted octanol–water partition coefficient (Wildman–Crippen LogP) is -2.65. The second kappa shape index (κ2) is 14.8. The van der Waals surface area contributed by atoms with Crippen LogP contribution in [0.2, 0.25) is 0 Å². The molecule has 1 aromatic carbocycles. The predicted molar refractivity (Wildman–Crippen MR) is 110 cm³/mol. The molecule has 2 radical (unpaired) electrons. The zero-order valence-electron chi connectivity index (χ0n) is 19.1. The standard InChI is InChI=1S/C19H18N4O12.2Y/c1-3-21-11(25)19(16(32)33,17(34)35)13(27)23-9-6-4-5-8(7-9)22-12(26)18(14(28)29,15(30)31)10(24)20-2;;/h4,7H,3H2,1-2H3,(H,20,24)(H,21,25)(H,22,26)(H,23,27)(H,28,29)(H,30,31)(H,32,33)(H,34,35);;/q-2;;. The Morgan fingerprint density at radius 1 is 0.703 bits per heavy atom.